The van der Waals surface area contributed by atoms with Crippen LogP contribution in [0.2, 0.25) is 0 Å². The van der Waals surface area contributed by atoms with E-state index in [1.165, 1.54) is 11.3 Å². The molecular weight excluding hydrogens is 508 g/mol. The molecule has 1 aromatic heterocycles. The maximum absolute atomic E-state index is 5.91. The molecule has 0 radical (unpaired) electrons. The number of benzene rings is 1. The first-order valence-corrected chi connectivity index (χ1v) is 8.66. The summed E-state index contributed by atoms with van der Waals surface area (Å²) in [6.45, 7) is 0.737. The molecule has 0 atom stereocenters. The van der Waals surface area contributed by atoms with E-state index in [-0.39, 0.29) is 34.0 Å². The van der Waals surface area contributed by atoms with E-state index in [0.29, 0.717) is 5.17 Å². The van der Waals surface area contributed by atoms with Gasteiger partial charge in [0.25, 0.3) is 0 Å². The zero-order valence-electron chi connectivity index (χ0n) is 12.6. The van der Waals surface area contributed by atoms with Crippen LogP contribution in [0.5, 0.6) is 0 Å². The summed E-state index contributed by atoms with van der Waals surface area (Å²) in [5.41, 5.74) is 8.35. The number of amidine groups is 1. The number of H-pyrrole nitrogens is 1. The lowest BCUT2D eigenvalue weighted by Crippen LogP contribution is -2.09. The summed E-state index contributed by atoms with van der Waals surface area (Å²) < 4.78 is 1.10. The summed E-state index contributed by atoms with van der Waals surface area (Å²) in [5, 5.41) is 0.678. The molecule has 0 spiro atoms. The number of halogens is 3. The van der Waals surface area contributed by atoms with Crippen LogP contribution in [0.3, 0.4) is 0 Å². The first-order chi connectivity index (χ1) is 10.2. The van der Waals surface area contributed by atoms with Crippen LogP contribution in [0.4, 0.5) is 0 Å². The molecule has 128 valence electrons. The number of imidazole rings is 1. The average Bonchev–Trinajstić information content (AvgIpc) is 2.99. The number of nitrogens with two attached hydrogens (primary N) is 1. The van der Waals surface area contributed by atoms with Crippen molar-refractivity contribution in [3.05, 3.63) is 52.5 Å². The van der Waals surface area contributed by atoms with Gasteiger partial charge in [-0.3, -0.25) is 4.99 Å². The van der Waals surface area contributed by atoms with Crippen molar-refractivity contribution in [3.8, 4) is 0 Å². The smallest absolute Gasteiger partial charge is 0.153 e. The van der Waals surface area contributed by atoms with E-state index >= 15 is 0 Å². The molecule has 0 unspecified atom stereocenters. The number of aromatic amines is 1. The Kier molecular flexibility index (Phi) is 12.9. The van der Waals surface area contributed by atoms with Crippen LogP contribution in [0.15, 0.2) is 46.3 Å². The van der Waals surface area contributed by atoms with Crippen molar-refractivity contribution in [1.29, 1.82) is 0 Å². The Hall–Kier alpha value is -0.310. The lowest BCUT2D eigenvalue weighted by molar-refractivity contribution is 0.903. The van der Waals surface area contributed by atoms with Gasteiger partial charge in [-0.25, -0.2) is 4.98 Å². The van der Waals surface area contributed by atoms with E-state index in [4.69, 9.17) is 5.73 Å². The van der Waals surface area contributed by atoms with Crippen LogP contribution >= 0.6 is 61.7 Å². The van der Waals surface area contributed by atoms with Crippen molar-refractivity contribution < 1.29 is 0 Å². The molecule has 1 aromatic carbocycles. The number of nitrogens with one attached hydrogen (secondary N) is 1. The fourth-order valence-corrected chi connectivity index (χ4v) is 2.80. The summed E-state index contributed by atoms with van der Waals surface area (Å²) in [5.74, 6) is 0.979. The second-order valence-electron chi connectivity index (χ2n) is 4.63. The Bertz CT molecular complexity index is 559. The number of aliphatic imine (C=N–C) groups is 1. The molecule has 23 heavy (non-hydrogen) atoms. The van der Waals surface area contributed by atoms with E-state index in [0.717, 1.165) is 36.0 Å². The zero-order valence-corrected chi connectivity index (χ0v) is 18.4. The number of aryl methyl sites for hydroxylation is 1. The molecule has 2 rings (SSSR count). The average molecular weight is 529 g/mol. The van der Waals surface area contributed by atoms with Gasteiger partial charge in [0.05, 0.1) is 6.33 Å². The molecule has 0 saturated heterocycles. The van der Waals surface area contributed by atoms with Crippen LogP contribution in [0, 0.1) is 0 Å². The Morgan fingerprint density at radius 3 is 2.61 bits per heavy atom. The minimum absolute atomic E-state index is 0. The zero-order chi connectivity index (χ0) is 14.9. The molecule has 1 heterocycles. The molecule has 8 heteroatoms. The van der Waals surface area contributed by atoms with Crippen molar-refractivity contribution >= 4 is 66.8 Å². The molecule has 2 aromatic rings. The molecule has 0 aliphatic carbocycles. The summed E-state index contributed by atoms with van der Waals surface area (Å²) in [6, 6.07) is 8.31. The highest BCUT2D eigenvalue weighted by atomic mass is 79.9. The first kappa shape index (κ1) is 22.7. The summed E-state index contributed by atoms with van der Waals surface area (Å²) in [6.07, 6.45) is 6.55. The Morgan fingerprint density at radius 1 is 1.22 bits per heavy atom. The number of hydrogen-bond donors (Lipinski definition) is 2. The minimum atomic E-state index is 0. The third-order valence-corrected chi connectivity index (χ3v) is 4.42. The van der Waals surface area contributed by atoms with E-state index in [2.05, 4.69) is 43.0 Å². The molecule has 3 N–H and O–H groups in total. The lowest BCUT2D eigenvalue weighted by Gasteiger charge is -2.02. The maximum atomic E-state index is 5.91. The largest absolute Gasteiger partial charge is 0.379 e. The van der Waals surface area contributed by atoms with E-state index in [1.807, 2.05) is 18.3 Å². The number of hydrogen-bond acceptors (Lipinski definition) is 3. The van der Waals surface area contributed by atoms with Gasteiger partial charge in [-0.05, 0) is 37.0 Å². The Balaban J connectivity index is 0.00000242. The second-order valence-corrected chi connectivity index (χ2v) is 6.66. The van der Waals surface area contributed by atoms with Gasteiger partial charge in [-0.2, -0.15) is 0 Å². The fourth-order valence-electron chi connectivity index (χ4n) is 1.85. The summed E-state index contributed by atoms with van der Waals surface area (Å²) >= 11 is 5.05. The Labute approximate surface area is 170 Å². The van der Waals surface area contributed by atoms with Crippen molar-refractivity contribution in [2.45, 2.75) is 19.3 Å². The van der Waals surface area contributed by atoms with E-state index < -0.39 is 0 Å². The highest BCUT2D eigenvalue weighted by molar-refractivity contribution is 9.10. The van der Waals surface area contributed by atoms with Crippen LogP contribution < -0.4 is 5.73 Å². The number of nitrogens with zero attached hydrogens (tertiary/aromatic N) is 2. The molecule has 0 bridgehead atoms. The van der Waals surface area contributed by atoms with Crippen LogP contribution in [0.25, 0.3) is 0 Å². The highest BCUT2D eigenvalue weighted by Crippen LogP contribution is 2.11. The SMILES string of the molecule is Br.Br.NC(=NCCc1ccc(Br)cc1)SCCCc1cnc[nH]1. The van der Waals surface area contributed by atoms with Gasteiger partial charge in [-0.1, -0.05) is 39.8 Å². The van der Waals surface area contributed by atoms with Crippen LogP contribution in [-0.2, 0) is 12.8 Å². The quantitative estimate of drug-likeness (QED) is 0.315. The monoisotopic (exact) mass is 526 g/mol. The van der Waals surface area contributed by atoms with Gasteiger partial charge < -0.3 is 10.7 Å². The molecule has 0 aliphatic heterocycles. The number of thioether (sulfide) groups is 1. The topological polar surface area (TPSA) is 67.1 Å². The Morgan fingerprint density at radius 2 is 1.96 bits per heavy atom. The van der Waals surface area contributed by atoms with Crippen molar-refractivity contribution in [2.24, 2.45) is 10.7 Å². The number of aromatic nitrogens is 2. The van der Waals surface area contributed by atoms with Gasteiger partial charge in [0.15, 0.2) is 5.17 Å². The molecular formula is C15H21Br3N4S. The van der Waals surface area contributed by atoms with Gasteiger partial charge in [0.1, 0.15) is 0 Å². The van der Waals surface area contributed by atoms with E-state index in [9.17, 15) is 0 Å². The lowest BCUT2D eigenvalue weighted by atomic mass is 10.2. The molecule has 0 aliphatic rings. The van der Waals surface area contributed by atoms with Gasteiger partial charge in [0, 0.05) is 28.7 Å². The van der Waals surface area contributed by atoms with Crippen molar-refractivity contribution in [1.82, 2.24) is 9.97 Å². The van der Waals surface area contributed by atoms with Gasteiger partial charge in [0.2, 0.25) is 0 Å². The molecule has 4 nitrogen and oxygen atoms in total. The van der Waals surface area contributed by atoms with Crippen molar-refractivity contribution in [2.75, 3.05) is 12.3 Å². The molecule has 0 amide bonds. The van der Waals surface area contributed by atoms with Crippen LogP contribution in [0.1, 0.15) is 17.7 Å². The normalized spacial score (nSPS) is 10.7. The van der Waals surface area contributed by atoms with Gasteiger partial charge in [-0.15, -0.1) is 34.0 Å². The summed E-state index contributed by atoms with van der Waals surface area (Å²) in [4.78, 5) is 11.5. The molecule has 0 fully saturated rings. The minimum Gasteiger partial charge on any atom is -0.379 e. The first-order valence-electron chi connectivity index (χ1n) is 6.88. The second kappa shape index (κ2) is 13.0. The fraction of sp³-hybridized carbons (Fsp3) is 0.333. The van der Waals surface area contributed by atoms with Crippen LogP contribution in [-0.4, -0.2) is 27.4 Å². The van der Waals surface area contributed by atoms with E-state index in [1.54, 1.807) is 18.1 Å². The van der Waals surface area contributed by atoms with Gasteiger partial charge >= 0.3 is 0 Å². The number of rotatable bonds is 7. The maximum Gasteiger partial charge on any atom is 0.153 e. The third kappa shape index (κ3) is 9.54. The summed E-state index contributed by atoms with van der Waals surface area (Å²) in [7, 11) is 0. The molecule has 0 saturated carbocycles. The third-order valence-electron chi connectivity index (χ3n) is 2.98. The standard InChI is InChI=1S/C15H19BrN4S.2BrH/c16-13-5-3-12(4-6-13)7-8-19-15(17)21-9-1-2-14-10-18-11-20-14;;/h3-6,10-11H,1-2,7-9H2,(H2,17,19)(H,18,20);2*1H. The highest BCUT2D eigenvalue weighted by Gasteiger charge is 1.98. The van der Waals surface area contributed by atoms with Crippen molar-refractivity contribution in [3.63, 3.8) is 0 Å². The predicted molar refractivity (Wildman–Crippen MR) is 114 cm³/mol. The predicted octanol–water partition coefficient (Wildman–Crippen LogP) is 4.55.